The van der Waals surface area contributed by atoms with Crippen LogP contribution in [0, 0.1) is 5.92 Å². The fourth-order valence-electron chi connectivity index (χ4n) is 2.31. The summed E-state index contributed by atoms with van der Waals surface area (Å²) < 4.78 is 0. The van der Waals surface area contributed by atoms with E-state index in [2.05, 4.69) is 16.0 Å². The average molecular weight is 430 g/mol. The predicted molar refractivity (Wildman–Crippen MR) is 104 cm³/mol. The van der Waals surface area contributed by atoms with Crippen LogP contribution in [0.15, 0.2) is 0 Å². The summed E-state index contributed by atoms with van der Waals surface area (Å²) in [5, 5.41) is 16.0. The number of carbonyl (C=O) groups excluding carboxylic acids is 5. The fraction of sp³-hybridized carbons (Fsp3) is 0.647. The maximum Gasteiger partial charge on any atom is 0.326 e. The third-order valence-corrected chi connectivity index (χ3v) is 3.99. The third-order valence-electron chi connectivity index (χ3n) is 3.99. The van der Waals surface area contributed by atoms with Crippen molar-refractivity contribution in [2.45, 2.75) is 64.2 Å². The first-order chi connectivity index (χ1) is 13.8. The smallest absolute Gasteiger partial charge is 0.326 e. The van der Waals surface area contributed by atoms with Gasteiger partial charge in [0.05, 0.1) is 12.5 Å². The Morgan fingerprint density at radius 2 is 1.33 bits per heavy atom. The largest absolute Gasteiger partial charge is 0.480 e. The highest BCUT2D eigenvalue weighted by molar-refractivity contribution is 5.96. The Bertz CT molecular complexity index is 680. The maximum absolute atomic E-state index is 12.6. The number of carboxylic acid groups (broad SMARTS) is 1. The van der Waals surface area contributed by atoms with Gasteiger partial charge in [0.15, 0.2) is 0 Å². The zero-order valence-corrected chi connectivity index (χ0v) is 17.1. The zero-order chi connectivity index (χ0) is 23.6. The van der Waals surface area contributed by atoms with E-state index in [1.54, 1.807) is 13.8 Å². The Kier molecular flexibility index (Phi) is 11.0. The number of carbonyl (C=O) groups is 6. The first-order valence-corrected chi connectivity index (χ1v) is 9.22. The first kappa shape index (κ1) is 26.8. The van der Waals surface area contributed by atoms with E-state index in [0.29, 0.717) is 0 Å². The molecule has 0 aliphatic rings. The van der Waals surface area contributed by atoms with Crippen molar-refractivity contribution in [3.05, 3.63) is 0 Å². The molecule has 0 spiro atoms. The van der Waals surface area contributed by atoms with Crippen molar-refractivity contribution in [2.75, 3.05) is 0 Å². The highest BCUT2D eigenvalue weighted by atomic mass is 16.4. The summed E-state index contributed by atoms with van der Waals surface area (Å²) in [7, 11) is 0. The number of primary amides is 2. The molecule has 0 aromatic heterocycles. The van der Waals surface area contributed by atoms with Crippen LogP contribution >= 0.6 is 0 Å². The van der Waals surface area contributed by atoms with E-state index in [1.165, 1.54) is 6.92 Å². The molecule has 0 fully saturated rings. The van der Waals surface area contributed by atoms with Crippen LogP contribution in [0.3, 0.4) is 0 Å². The molecule has 13 nitrogen and oxygen atoms in total. The first-order valence-electron chi connectivity index (χ1n) is 9.22. The van der Waals surface area contributed by atoms with Crippen LogP contribution in [0.2, 0.25) is 0 Å². The summed E-state index contributed by atoms with van der Waals surface area (Å²) in [6.45, 7) is 4.70. The van der Waals surface area contributed by atoms with Crippen molar-refractivity contribution in [1.29, 1.82) is 0 Å². The zero-order valence-electron chi connectivity index (χ0n) is 17.1. The van der Waals surface area contributed by atoms with E-state index >= 15 is 0 Å². The van der Waals surface area contributed by atoms with Gasteiger partial charge >= 0.3 is 5.97 Å². The van der Waals surface area contributed by atoms with E-state index in [-0.39, 0.29) is 12.8 Å². The second kappa shape index (κ2) is 12.4. The molecule has 170 valence electrons. The highest BCUT2D eigenvalue weighted by Gasteiger charge is 2.32. The van der Waals surface area contributed by atoms with Crippen molar-refractivity contribution in [3.8, 4) is 0 Å². The summed E-state index contributed by atoms with van der Waals surface area (Å²) in [4.78, 5) is 70.4. The van der Waals surface area contributed by atoms with Crippen molar-refractivity contribution in [3.63, 3.8) is 0 Å². The lowest BCUT2D eigenvalue weighted by Crippen LogP contribution is -2.58. The summed E-state index contributed by atoms with van der Waals surface area (Å²) in [6, 6.07) is -4.93. The van der Waals surface area contributed by atoms with Crippen molar-refractivity contribution >= 4 is 35.5 Å². The van der Waals surface area contributed by atoms with E-state index < -0.39 is 72.0 Å². The van der Waals surface area contributed by atoms with Gasteiger partial charge in [0.25, 0.3) is 0 Å². The standard InChI is InChI=1S/C17H30N6O7/c1-7(2)13(23-14(26)8(3)18)16(28)22-10(6-12(20)25)15(27)21-9(17(29)30)4-5-11(19)24/h7-10,13H,4-6,18H2,1-3H3,(H2,19,24)(H2,20,25)(H,21,27)(H,22,28)(H,23,26)(H,29,30). The molecule has 30 heavy (non-hydrogen) atoms. The minimum absolute atomic E-state index is 0.285. The van der Waals surface area contributed by atoms with E-state index in [9.17, 15) is 33.9 Å². The molecule has 0 saturated carbocycles. The molecule has 0 rings (SSSR count). The fourth-order valence-corrected chi connectivity index (χ4v) is 2.31. The van der Waals surface area contributed by atoms with Crippen LogP contribution in [0.1, 0.15) is 40.0 Å². The normalized spacial score (nSPS) is 14.7. The van der Waals surface area contributed by atoms with Gasteiger partial charge in [-0.25, -0.2) is 4.79 Å². The van der Waals surface area contributed by atoms with Crippen LogP contribution in [-0.4, -0.2) is 64.8 Å². The topological polar surface area (TPSA) is 237 Å². The molecular weight excluding hydrogens is 400 g/mol. The van der Waals surface area contributed by atoms with Gasteiger partial charge in [0, 0.05) is 6.42 Å². The Labute approximate surface area is 173 Å². The van der Waals surface area contributed by atoms with Crippen LogP contribution in [0.4, 0.5) is 0 Å². The molecule has 0 aromatic rings. The number of aliphatic carboxylic acids is 1. The van der Waals surface area contributed by atoms with Gasteiger partial charge in [-0.1, -0.05) is 13.8 Å². The minimum Gasteiger partial charge on any atom is -0.480 e. The lowest BCUT2D eigenvalue weighted by Gasteiger charge is -2.26. The van der Waals surface area contributed by atoms with Crippen LogP contribution in [0.5, 0.6) is 0 Å². The molecule has 0 aromatic carbocycles. The lowest BCUT2D eigenvalue weighted by atomic mass is 10.0. The molecule has 0 aliphatic heterocycles. The minimum atomic E-state index is -1.50. The second-order valence-corrected chi connectivity index (χ2v) is 7.15. The molecule has 4 atom stereocenters. The Morgan fingerprint density at radius 3 is 1.73 bits per heavy atom. The number of carboxylic acids is 1. The maximum atomic E-state index is 12.6. The molecule has 10 N–H and O–H groups in total. The van der Waals surface area contributed by atoms with Gasteiger partial charge in [0.1, 0.15) is 18.1 Å². The van der Waals surface area contributed by atoms with Gasteiger partial charge < -0.3 is 38.3 Å². The van der Waals surface area contributed by atoms with Gasteiger partial charge in [-0.15, -0.1) is 0 Å². The van der Waals surface area contributed by atoms with Gasteiger partial charge in [-0.05, 0) is 19.3 Å². The summed E-state index contributed by atoms with van der Waals surface area (Å²) in [5.74, 6) is -5.91. The van der Waals surface area contributed by atoms with Crippen molar-refractivity contribution in [2.24, 2.45) is 23.1 Å². The Morgan fingerprint density at radius 1 is 0.800 bits per heavy atom. The second-order valence-electron chi connectivity index (χ2n) is 7.15. The Hall–Kier alpha value is -3.22. The number of amides is 5. The molecule has 13 heteroatoms. The quantitative estimate of drug-likeness (QED) is 0.155. The summed E-state index contributed by atoms with van der Waals surface area (Å²) in [5.41, 5.74) is 15.6. The van der Waals surface area contributed by atoms with E-state index in [0.717, 1.165) is 0 Å². The monoisotopic (exact) mass is 430 g/mol. The van der Waals surface area contributed by atoms with Crippen LogP contribution in [0.25, 0.3) is 0 Å². The average Bonchev–Trinajstić information content (AvgIpc) is 2.60. The third kappa shape index (κ3) is 9.82. The van der Waals surface area contributed by atoms with E-state index in [4.69, 9.17) is 17.2 Å². The van der Waals surface area contributed by atoms with Gasteiger partial charge in [-0.3, -0.25) is 24.0 Å². The summed E-state index contributed by atoms with van der Waals surface area (Å²) >= 11 is 0. The number of rotatable bonds is 13. The molecule has 5 amide bonds. The number of hydrogen-bond donors (Lipinski definition) is 7. The number of nitrogens with one attached hydrogen (secondary N) is 3. The van der Waals surface area contributed by atoms with Gasteiger partial charge in [0.2, 0.25) is 29.5 Å². The molecule has 0 heterocycles. The van der Waals surface area contributed by atoms with Crippen LogP contribution in [-0.2, 0) is 28.8 Å². The number of nitrogens with two attached hydrogens (primary N) is 3. The van der Waals surface area contributed by atoms with Gasteiger partial charge in [-0.2, -0.15) is 0 Å². The molecule has 4 unspecified atom stereocenters. The number of hydrogen-bond acceptors (Lipinski definition) is 7. The summed E-state index contributed by atoms with van der Waals surface area (Å²) in [6.07, 6.45) is -1.21. The highest BCUT2D eigenvalue weighted by Crippen LogP contribution is 2.05. The molecule has 0 saturated heterocycles. The lowest BCUT2D eigenvalue weighted by molar-refractivity contribution is -0.142. The van der Waals surface area contributed by atoms with Crippen molar-refractivity contribution < 1.29 is 33.9 Å². The molecule has 0 aliphatic carbocycles. The predicted octanol–water partition coefficient (Wildman–Crippen LogP) is -3.33. The molecular formula is C17H30N6O7. The Balaban J connectivity index is 5.40. The molecule has 0 bridgehead atoms. The molecule has 0 radical (unpaired) electrons. The van der Waals surface area contributed by atoms with Crippen LogP contribution < -0.4 is 33.2 Å². The van der Waals surface area contributed by atoms with E-state index in [1.807, 2.05) is 0 Å². The van der Waals surface area contributed by atoms with Crippen molar-refractivity contribution in [1.82, 2.24) is 16.0 Å². The SMILES string of the molecule is CC(N)C(=O)NC(C(=O)NC(CC(N)=O)C(=O)NC(CCC(N)=O)C(=O)O)C(C)C.